The Kier molecular flexibility index (Phi) is 14.7. The number of hydrogen-bond acceptors (Lipinski definition) is 23. The molecule has 3 aliphatic rings. The zero-order chi connectivity index (χ0) is 46.9. The van der Waals surface area contributed by atoms with E-state index in [0.717, 1.165) is 39.8 Å². The van der Waals surface area contributed by atoms with E-state index in [-0.39, 0.29) is 22.7 Å². The molecule has 3 fully saturated rings. The Morgan fingerprint density at radius 3 is 1.75 bits per heavy atom. The summed E-state index contributed by atoms with van der Waals surface area (Å²) in [7, 11) is 0. The summed E-state index contributed by atoms with van der Waals surface area (Å²) in [5, 5.41) is 74.6. The molecule has 3 aromatic rings. The Bertz CT molecular complexity index is 2240. The Hall–Kier alpha value is -5.63. The Morgan fingerprint density at radius 2 is 1.16 bits per heavy atom. The van der Waals surface area contributed by atoms with Crippen LogP contribution in [0.15, 0.2) is 45.6 Å². The van der Waals surface area contributed by atoms with Gasteiger partial charge in [0.1, 0.15) is 64.8 Å². The van der Waals surface area contributed by atoms with Gasteiger partial charge < -0.3 is 87.5 Å². The third-order valence-corrected chi connectivity index (χ3v) is 10.4. The molecule has 15 atom stereocenters. The molecule has 0 bridgehead atoms. The lowest BCUT2D eigenvalue weighted by molar-refractivity contribution is -0.360. The summed E-state index contributed by atoms with van der Waals surface area (Å²) in [6, 6.07) is 7.13. The third-order valence-electron chi connectivity index (χ3n) is 10.4. The summed E-state index contributed by atoms with van der Waals surface area (Å²) in [5.74, 6) is -5.69. The maximum Gasteiger partial charge on any atom is 0.303 e. The van der Waals surface area contributed by atoms with Gasteiger partial charge in [0, 0.05) is 45.4 Å². The van der Waals surface area contributed by atoms with Crippen molar-refractivity contribution in [2.75, 3.05) is 6.61 Å². The summed E-state index contributed by atoms with van der Waals surface area (Å²) < 4.78 is 63.2. The molecule has 1 aromatic heterocycles. The summed E-state index contributed by atoms with van der Waals surface area (Å²) >= 11 is 0. The molecule has 6 rings (SSSR count). The van der Waals surface area contributed by atoms with Crippen molar-refractivity contribution in [3.8, 4) is 34.3 Å². The second kappa shape index (κ2) is 19.6. The van der Waals surface area contributed by atoms with Crippen LogP contribution in [-0.2, 0) is 61.8 Å². The van der Waals surface area contributed by atoms with Gasteiger partial charge in [-0.3, -0.25) is 24.0 Å². The highest BCUT2D eigenvalue weighted by Crippen LogP contribution is 2.39. The smallest absolute Gasteiger partial charge is 0.303 e. The normalized spacial score (nSPS) is 32.9. The van der Waals surface area contributed by atoms with Crippen LogP contribution in [0.5, 0.6) is 23.0 Å². The largest absolute Gasteiger partial charge is 0.508 e. The second-order valence-electron chi connectivity index (χ2n) is 15.2. The third kappa shape index (κ3) is 10.3. The average Bonchev–Trinajstić information content (AvgIpc) is 3.20. The van der Waals surface area contributed by atoms with E-state index in [0.29, 0.717) is 0 Å². The summed E-state index contributed by atoms with van der Waals surface area (Å²) in [5.41, 5.74) is -1.16. The van der Waals surface area contributed by atoms with Crippen LogP contribution in [-0.4, -0.2) is 158 Å². The fourth-order valence-corrected chi connectivity index (χ4v) is 7.50. The lowest BCUT2D eigenvalue weighted by Gasteiger charge is -2.48. The molecule has 0 radical (unpaired) electrons. The van der Waals surface area contributed by atoms with Crippen molar-refractivity contribution >= 4 is 34.8 Å². The van der Waals surface area contributed by atoms with E-state index in [9.17, 15) is 59.7 Å². The molecule has 0 amide bonds. The Balaban J connectivity index is 1.29. The Morgan fingerprint density at radius 1 is 0.609 bits per heavy atom. The molecule has 0 spiro atoms. The van der Waals surface area contributed by atoms with Gasteiger partial charge in [-0.2, -0.15) is 0 Å². The molecule has 23 nitrogen and oxygen atoms in total. The molecule has 2 aromatic carbocycles. The predicted octanol–water partition coefficient (Wildman–Crippen LogP) is -0.258. The molecule has 7 N–H and O–H groups in total. The van der Waals surface area contributed by atoms with Crippen molar-refractivity contribution in [2.24, 2.45) is 0 Å². The van der Waals surface area contributed by atoms with Crippen LogP contribution in [0.1, 0.15) is 41.5 Å². The highest BCUT2D eigenvalue weighted by molar-refractivity contribution is 5.88. The number of fused-ring (bicyclic) bond motifs is 1. The van der Waals surface area contributed by atoms with Gasteiger partial charge in [-0.25, -0.2) is 0 Å². The molecule has 0 unspecified atom stereocenters. The quantitative estimate of drug-likeness (QED) is 0.0909. The lowest BCUT2D eigenvalue weighted by Crippen LogP contribution is -2.66. The van der Waals surface area contributed by atoms with Crippen LogP contribution in [0.3, 0.4) is 0 Å². The Labute approximate surface area is 362 Å². The highest BCUT2D eigenvalue weighted by Gasteiger charge is 2.55. The fourth-order valence-electron chi connectivity index (χ4n) is 7.50. The SMILES string of the molecule is CC(=O)O[C@@H]1[C@@H](O[C@@H]2O[C@@H](C)[C@H](OC(C)=O)[C@@H](OC(C)=O)[C@H]2O)[C@@H](OC(C)=O)[C@H](OC[C@H]2O[C@@H](Oc3c(-c4ccc(O)cc4)oc4cc(O)cc(O)c4c3=O)[C@H](O)[C@@H](O)[C@@H]2O)O[C@H]1C. The van der Waals surface area contributed by atoms with Gasteiger partial charge in [0.25, 0.3) is 0 Å². The molecule has 4 heterocycles. The number of aliphatic hydroxyl groups is 4. The number of hydrogen-bond donors (Lipinski definition) is 7. The fraction of sp³-hybridized carbons (Fsp3) is 0.537. The van der Waals surface area contributed by atoms with E-state index in [4.69, 9.17) is 51.8 Å². The summed E-state index contributed by atoms with van der Waals surface area (Å²) in [6.45, 7) is 6.36. The molecule has 3 saturated heterocycles. The van der Waals surface area contributed by atoms with E-state index < -0.39 is 151 Å². The first-order valence-corrected chi connectivity index (χ1v) is 19.8. The molecule has 0 aliphatic carbocycles. The number of carbonyl (C=O) groups excluding carboxylic acids is 4. The monoisotopic (exact) mass is 908 g/mol. The van der Waals surface area contributed by atoms with E-state index in [2.05, 4.69) is 0 Å². The number of esters is 4. The van der Waals surface area contributed by atoms with Gasteiger partial charge in [-0.1, -0.05) is 0 Å². The maximum absolute atomic E-state index is 13.9. The standard InChI is InChI=1S/C41H48O23/c1-14-32(57-16(3)42)36(59-18(5)44)31(53)40(55-14)64-37-33(58-17(4)43)15(2)56-41(38(37)60-19(6)45)54-13-25-27(49)29(51)30(52)39(62-25)63-35-28(50)26-23(48)11-22(47)12-24(26)61-34(35)20-7-9-21(46)10-8-20/h7-12,14-15,25,27,29-33,36-41,46-49,51-53H,13H2,1-6H3/t14-,15-,25+,27+,29-,30+,31+,32-,33-,36-,37+,38+,39-,40-,41+/m0/s1. The average molecular weight is 909 g/mol. The van der Waals surface area contributed by atoms with Crippen molar-refractivity contribution in [3.63, 3.8) is 0 Å². The molecular weight excluding hydrogens is 860 g/mol. The maximum atomic E-state index is 13.9. The van der Waals surface area contributed by atoms with Crippen LogP contribution in [0.25, 0.3) is 22.3 Å². The van der Waals surface area contributed by atoms with Crippen molar-refractivity contribution in [2.45, 2.75) is 134 Å². The summed E-state index contributed by atoms with van der Waals surface area (Å²) in [6.07, 6.45) is -24.6. The molecule has 23 heteroatoms. The second-order valence-corrected chi connectivity index (χ2v) is 15.2. The lowest BCUT2D eigenvalue weighted by atomic mass is 9.96. The highest BCUT2D eigenvalue weighted by atomic mass is 16.8. The van der Waals surface area contributed by atoms with Crippen LogP contribution in [0, 0.1) is 0 Å². The molecule has 0 saturated carbocycles. The van der Waals surface area contributed by atoms with Gasteiger partial charge in [-0.05, 0) is 38.1 Å². The minimum atomic E-state index is -2.05. The first-order valence-electron chi connectivity index (χ1n) is 19.8. The topological polar surface area (TPSA) is 332 Å². The molecular formula is C41H48O23. The number of rotatable bonds is 12. The zero-order valence-corrected chi connectivity index (χ0v) is 35.0. The minimum Gasteiger partial charge on any atom is -0.508 e. The zero-order valence-electron chi connectivity index (χ0n) is 35.0. The molecule has 3 aliphatic heterocycles. The van der Waals surface area contributed by atoms with Crippen molar-refractivity contribution in [3.05, 3.63) is 46.6 Å². The van der Waals surface area contributed by atoms with Crippen molar-refractivity contribution < 1.29 is 107 Å². The van der Waals surface area contributed by atoms with Crippen LogP contribution >= 0.6 is 0 Å². The van der Waals surface area contributed by atoms with Gasteiger partial charge in [0.15, 0.2) is 42.8 Å². The number of phenols is 3. The molecule has 350 valence electrons. The van der Waals surface area contributed by atoms with Gasteiger partial charge in [0.2, 0.25) is 17.5 Å². The van der Waals surface area contributed by atoms with Gasteiger partial charge in [-0.15, -0.1) is 0 Å². The summed E-state index contributed by atoms with van der Waals surface area (Å²) in [4.78, 5) is 62.8. The van der Waals surface area contributed by atoms with Crippen molar-refractivity contribution in [1.29, 1.82) is 0 Å². The number of aliphatic hydroxyl groups excluding tert-OH is 4. The van der Waals surface area contributed by atoms with Crippen LogP contribution < -0.4 is 10.2 Å². The minimum absolute atomic E-state index is 0.135. The number of benzene rings is 2. The predicted molar refractivity (Wildman–Crippen MR) is 208 cm³/mol. The van der Waals surface area contributed by atoms with Crippen molar-refractivity contribution in [1.82, 2.24) is 0 Å². The molecule has 64 heavy (non-hydrogen) atoms. The number of ether oxygens (including phenoxy) is 10. The van der Waals surface area contributed by atoms with Gasteiger partial charge >= 0.3 is 23.9 Å². The number of carbonyl (C=O) groups is 4. The van der Waals surface area contributed by atoms with Crippen LogP contribution in [0.4, 0.5) is 0 Å². The van der Waals surface area contributed by atoms with E-state index in [1.807, 2.05) is 0 Å². The first-order chi connectivity index (χ1) is 30.1. The first kappa shape index (κ1) is 47.8. The van der Waals surface area contributed by atoms with Crippen LogP contribution in [0.2, 0.25) is 0 Å². The van der Waals surface area contributed by atoms with E-state index in [1.165, 1.54) is 38.1 Å². The van der Waals surface area contributed by atoms with E-state index in [1.54, 1.807) is 0 Å². The van der Waals surface area contributed by atoms with Gasteiger partial charge in [0.05, 0.1) is 18.8 Å². The number of phenolic OH excluding ortho intramolecular Hbond substituents is 3. The number of aromatic hydroxyl groups is 3. The van der Waals surface area contributed by atoms with E-state index >= 15 is 0 Å².